The fraction of sp³-hybridized carbons (Fsp3) is 0.517. The van der Waals surface area contributed by atoms with Gasteiger partial charge in [-0.15, -0.1) is 0 Å². The molecular formula is C58H74N2O4S4. The Morgan fingerprint density at radius 1 is 0.471 bits per heavy atom. The molecule has 0 spiro atoms. The Labute approximate surface area is 424 Å². The van der Waals surface area contributed by atoms with Crippen LogP contribution in [0.4, 0.5) is 0 Å². The van der Waals surface area contributed by atoms with Crippen LogP contribution in [-0.4, -0.2) is 36.9 Å². The van der Waals surface area contributed by atoms with E-state index in [2.05, 4.69) is 98.4 Å². The van der Waals surface area contributed by atoms with Crippen LogP contribution >= 0.6 is 47.0 Å². The summed E-state index contributed by atoms with van der Waals surface area (Å²) in [5.74, 6) is 1.97. The third-order valence-electron chi connectivity index (χ3n) is 15.0. The second-order valence-corrected chi connectivity index (χ2v) is 24.0. The van der Waals surface area contributed by atoms with E-state index < -0.39 is 0 Å². The molecular weight excluding hydrogens is 917 g/mol. The number of ether oxygens (including phenoxy) is 4. The van der Waals surface area contributed by atoms with Crippen molar-refractivity contribution in [2.75, 3.05) is 27.8 Å². The van der Waals surface area contributed by atoms with Gasteiger partial charge in [0.05, 0.1) is 8.47 Å². The van der Waals surface area contributed by atoms with E-state index in [0.29, 0.717) is 0 Å². The normalized spacial score (nSPS) is 16.3. The highest BCUT2D eigenvalue weighted by atomic mass is 32.2. The van der Waals surface area contributed by atoms with Crippen LogP contribution in [0, 0.1) is 27.7 Å². The Balaban J connectivity index is 0.804. The molecule has 0 unspecified atom stereocenters. The van der Waals surface area contributed by atoms with Crippen LogP contribution in [-0.2, 0) is 29.0 Å². The highest BCUT2D eigenvalue weighted by Crippen LogP contribution is 2.65. The summed E-state index contributed by atoms with van der Waals surface area (Å²) >= 11 is 8.04. The van der Waals surface area contributed by atoms with Crippen LogP contribution in [0.2, 0.25) is 0 Å². The average Bonchev–Trinajstić information content (AvgIpc) is 4.11. The fourth-order valence-electron chi connectivity index (χ4n) is 11.5. The Bertz CT molecular complexity index is 2480. The molecule has 3 aromatic carbocycles. The van der Waals surface area contributed by atoms with E-state index in [0.717, 1.165) is 43.9 Å². The van der Waals surface area contributed by atoms with Gasteiger partial charge >= 0.3 is 0 Å². The van der Waals surface area contributed by atoms with Crippen LogP contribution in [0.5, 0.6) is 11.5 Å². The molecule has 6 nitrogen and oxygen atoms in total. The van der Waals surface area contributed by atoms with E-state index in [9.17, 15) is 0 Å². The maximum absolute atomic E-state index is 6.63. The van der Waals surface area contributed by atoms with Gasteiger partial charge in [0.25, 0.3) is 0 Å². The maximum atomic E-state index is 6.63. The summed E-state index contributed by atoms with van der Waals surface area (Å²) in [5, 5.41) is 0. The van der Waals surface area contributed by atoms with Crippen LogP contribution in [0.1, 0.15) is 183 Å². The van der Waals surface area contributed by atoms with Crippen molar-refractivity contribution in [1.82, 2.24) is 9.13 Å². The molecule has 68 heavy (non-hydrogen) atoms. The topological polar surface area (TPSA) is 46.8 Å². The second kappa shape index (κ2) is 23.4. The monoisotopic (exact) mass is 990 g/mol. The fourth-order valence-corrected chi connectivity index (χ4v) is 17.4. The number of methoxy groups -OCH3 is 2. The van der Waals surface area contributed by atoms with Crippen LogP contribution in [0.3, 0.4) is 0 Å². The van der Waals surface area contributed by atoms with E-state index in [1.807, 2.05) is 47.0 Å². The Hall–Kier alpha value is -3.12. The number of thioether (sulfide) groups is 4. The number of fused-ring (bicyclic) bond motifs is 2. The van der Waals surface area contributed by atoms with Crippen molar-refractivity contribution in [3.8, 4) is 11.5 Å². The van der Waals surface area contributed by atoms with Crippen molar-refractivity contribution < 1.29 is 18.9 Å². The predicted molar refractivity (Wildman–Crippen MR) is 288 cm³/mol. The summed E-state index contributed by atoms with van der Waals surface area (Å²) < 4.78 is 32.3. The molecule has 0 amide bonds. The SMILES string of the molecule is CCCCCCCCCCCCCCCCn1c(C)c2c(c1C)SC(=C1Sc3c(c(C)n(CCCCc4cc(OCOC)c5c(c4OCOC)C4c6ccccc6C5c5ccccc54)c3C)S1)S2. The molecule has 2 aromatic heterocycles. The molecule has 0 N–H and O–H groups in total. The number of unbranched alkanes of at least 4 members (excludes halogenated alkanes) is 14. The van der Waals surface area contributed by atoms with Gasteiger partial charge in [-0.05, 0) is 87.3 Å². The van der Waals surface area contributed by atoms with Gasteiger partial charge in [0, 0.05) is 92.6 Å². The zero-order valence-corrected chi connectivity index (χ0v) is 45.1. The van der Waals surface area contributed by atoms with Gasteiger partial charge < -0.3 is 28.1 Å². The van der Waals surface area contributed by atoms with Crippen molar-refractivity contribution in [2.45, 2.75) is 188 Å². The molecule has 10 rings (SSSR count). The summed E-state index contributed by atoms with van der Waals surface area (Å²) in [6, 6.07) is 20.1. The molecule has 0 radical (unpaired) electrons. The molecule has 5 aromatic rings. The lowest BCUT2D eigenvalue weighted by Gasteiger charge is -2.43. The van der Waals surface area contributed by atoms with E-state index in [4.69, 9.17) is 18.9 Å². The van der Waals surface area contributed by atoms with E-state index >= 15 is 0 Å². The highest BCUT2D eigenvalue weighted by Gasteiger charge is 2.45. The number of hydrogen-bond donors (Lipinski definition) is 0. The van der Waals surface area contributed by atoms with Crippen molar-refractivity contribution in [2.24, 2.45) is 0 Å². The van der Waals surface area contributed by atoms with Crippen molar-refractivity contribution in [1.29, 1.82) is 0 Å². The lowest BCUT2D eigenvalue weighted by Crippen LogP contribution is -2.29. The van der Waals surface area contributed by atoms with Gasteiger partial charge in [-0.2, -0.15) is 0 Å². The number of rotatable bonds is 26. The van der Waals surface area contributed by atoms with Gasteiger partial charge in [-0.3, -0.25) is 0 Å². The highest BCUT2D eigenvalue weighted by molar-refractivity contribution is 8.30. The lowest BCUT2D eigenvalue weighted by molar-refractivity contribution is 0.0463. The zero-order valence-electron chi connectivity index (χ0n) is 41.9. The van der Waals surface area contributed by atoms with Crippen LogP contribution in [0.25, 0.3) is 0 Å². The lowest BCUT2D eigenvalue weighted by atomic mass is 9.60. The van der Waals surface area contributed by atoms with Gasteiger partial charge in [-0.1, -0.05) is 186 Å². The molecule has 4 heterocycles. The molecule has 0 saturated heterocycles. The molecule has 5 aliphatic rings. The van der Waals surface area contributed by atoms with Gasteiger partial charge in [0.2, 0.25) is 0 Å². The third-order valence-corrected chi connectivity index (χ3v) is 21.1. The summed E-state index contributed by atoms with van der Waals surface area (Å²) in [5.41, 5.74) is 14.7. The first-order valence-corrected chi connectivity index (χ1v) is 29.1. The molecule has 2 aliphatic heterocycles. The zero-order chi connectivity index (χ0) is 47.1. The first-order valence-electron chi connectivity index (χ1n) is 25.8. The quantitative estimate of drug-likeness (QED) is 0.0393. The predicted octanol–water partition coefficient (Wildman–Crippen LogP) is 17.2. The first kappa shape index (κ1) is 49.8. The summed E-state index contributed by atoms with van der Waals surface area (Å²) in [7, 11) is 3.40. The smallest absolute Gasteiger partial charge is 0.188 e. The second-order valence-electron chi connectivity index (χ2n) is 19.4. The molecule has 0 saturated carbocycles. The van der Waals surface area contributed by atoms with E-state index in [-0.39, 0.29) is 25.4 Å². The number of benzene rings is 3. The minimum atomic E-state index is 0.0574. The standard InChI is InChI=1S/C58H74N2O4S4/c1-8-9-10-11-12-13-14-15-16-17-18-19-20-26-33-59-38(2)53-54(39(59)3)66-57(65-53)58-67-55-40(4)60(41(5)56(55)68-58)34-27-25-28-42-35-47(63-36-61-6)50-48-43-29-21-23-31-45(43)49(46-32-24-22-30-44(46)48)51(50)52(42)64-37-62-7/h21-24,29-32,35,48-49H,8-20,25-28,33-34,36-37H2,1-7H3. The minimum Gasteiger partial charge on any atom is -0.467 e. The van der Waals surface area contributed by atoms with Crippen LogP contribution < -0.4 is 9.47 Å². The molecule has 364 valence electrons. The molecule has 3 aliphatic carbocycles. The van der Waals surface area contributed by atoms with Crippen LogP contribution in [0.15, 0.2) is 82.7 Å². The van der Waals surface area contributed by atoms with E-state index in [1.54, 1.807) is 14.2 Å². The molecule has 2 bridgehead atoms. The van der Waals surface area contributed by atoms with Crippen molar-refractivity contribution >= 4 is 47.0 Å². The van der Waals surface area contributed by atoms with Gasteiger partial charge in [0.1, 0.15) is 11.5 Å². The Morgan fingerprint density at radius 2 is 0.853 bits per heavy atom. The van der Waals surface area contributed by atoms with Crippen molar-refractivity contribution in [3.63, 3.8) is 0 Å². The average molecular weight is 992 g/mol. The Kier molecular flexibility index (Phi) is 17.2. The van der Waals surface area contributed by atoms with Gasteiger partial charge in [-0.25, -0.2) is 0 Å². The van der Waals surface area contributed by atoms with Gasteiger partial charge in [0.15, 0.2) is 13.6 Å². The summed E-state index contributed by atoms with van der Waals surface area (Å²) in [6.07, 6.45) is 22.6. The number of nitrogens with zero attached hydrogens (tertiary/aromatic N) is 2. The minimum absolute atomic E-state index is 0.0574. The Morgan fingerprint density at radius 3 is 1.28 bits per heavy atom. The molecule has 0 fully saturated rings. The number of aromatic nitrogens is 2. The number of hydrogen-bond acceptors (Lipinski definition) is 8. The maximum Gasteiger partial charge on any atom is 0.188 e. The first-order chi connectivity index (χ1) is 33.4. The molecule has 0 atom stereocenters. The summed E-state index contributed by atoms with van der Waals surface area (Å²) in [4.78, 5) is 5.88. The summed E-state index contributed by atoms with van der Waals surface area (Å²) in [6.45, 7) is 14.2. The third kappa shape index (κ3) is 10.2. The van der Waals surface area contributed by atoms with Crippen molar-refractivity contribution in [3.05, 3.63) is 125 Å². The van der Waals surface area contributed by atoms with E-state index in [1.165, 1.54) is 180 Å². The largest absolute Gasteiger partial charge is 0.467 e. The molecule has 10 heteroatoms. The number of aryl methyl sites for hydroxylation is 1.